The first-order valence-corrected chi connectivity index (χ1v) is 4.35. The van der Waals surface area contributed by atoms with E-state index < -0.39 is 6.10 Å². The molecule has 4 nitrogen and oxygen atoms in total. The number of nitrogens with one attached hydrogen (secondary N) is 1. The van der Waals surface area contributed by atoms with Crippen molar-refractivity contribution in [2.45, 2.75) is 12.5 Å². The number of rotatable bonds is 6. The first-order valence-electron chi connectivity index (χ1n) is 4.35. The van der Waals surface area contributed by atoms with Gasteiger partial charge in [-0.2, -0.15) is 0 Å². The van der Waals surface area contributed by atoms with Gasteiger partial charge in [0.1, 0.15) is 5.76 Å². The molecule has 0 aliphatic rings. The summed E-state index contributed by atoms with van der Waals surface area (Å²) in [5, 5.41) is 20.5. The Morgan fingerprint density at radius 3 is 3.00 bits per heavy atom. The van der Waals surface area contributed by atoms with Crippen LogP contribution in [0.2, 0.25) is 0 Å². The molecule has 0 aliphatic carbocycles. The molecule has 0 saturated carbocycles. The normalized spacial score (nSPS) is 13.1. The van der Waals surface area contributed by atoms with E-state index in [0.717, 1.165) is 18.7 Å². The Morgan fingerprint density at radius 1 is 1.54 bits per heavy atom. The molecule has 0 saturated heterocycles. The Bertz CT molecular complexity index is 211. The lowest BCUT2D eigenvalue weighted by Crippen LogP contribution is -2.30. The topological polar surface area (TPSA) is 65.6 Å². The summed E-state index contributed by atoms with van der Waals surface area (Å²) in [4.78, 5) is 0. The summed E-state index contributed by atoms with van der Waals surface area (Å²) in [6, 6.07) is 3.75. The third-order valence-electron chi connectivity index (χ3n) is 1.72. The fourth-order valence-electron chi connectivity index (χ4n) is 1.000. The van der Waals surface area contributed by atoms with E-state index in [1.807, 2.05) is 12.1 Å². The van der Waals surface area contributed by atoms with Gasteiger partial charge in [-0.15, -0.1) is 0 Å². The summed E-state index contributed by atoms with van der Waals surface area (Å²) in [6.07, 6.45) is 1.76. The second-order valence-electron chi connectivity index (χ2n) is 2.87. The molecule has 0 fully saturated rings. The smallest absolute Gasteiger partial charge is 0.105 e. The highest BCUT2D eigenvalue weighted by Crippen LogP contribution is 1.99. The highest BCUT2D eigenvalue weighted by atomic mass is 16.3. The molecule has 0 bridgehead atoms. The Balaban J connectivity index is 2.02. The Labute approximate surface area is 77.2 Å². The van der Waals surface area contributed by atoms with Gasteiger partial charge in [-0.1, -0.05) is 0 Å². The van der Waals surface area contributed by atoms with Crippen LogP contribution >= 0.6 is 0 Å². The number of furan rings is 1. The largest absolute Gasteiger partial charge is 0.469 e. The van der Waals surface area contributed by atoms with Gasteiger partial charge in [0.05, 0.1) is 19.0 Å². The van der Waals surface area contributed by atoms with Crippen molar-refractivity contribution < 1.29 is 14.6 Å². The zero-order valence-electron chi connectivity index (χ0n) is 7.44. The lowest BCUT2D eigenvalue weighted by molar-refractivity contribution is 0.0946. The van der Waals surface area contributed by atoms with Crippen LogP contribution in [-0.4, -0.2) is 36.0 Å². The van der Waals surface area contributed by atoms with Crippen molar-refractivity contribution in [1.82, 2.24) is 5.32 Å². The van der Waals surface area contributed by atoms with Crippen LogP contribution in [0.4, 0.5) is 0 Å². The van der Waals surface area contributed by atoms with Crippen molar-refractivity contribution in [3.63, 3.8) is 0 Å². The average molecular weight is 185 g/mol. The van der Waals surface area contributed by atoms with Crippen LogP contribution in [0.15, 0.2) is 22.8 Å². The lowest BCUT2D eigenvalue weighted by atomic mass is 10.3. The average Bonchev–Trinajstić information content (AvgIpc) is 2.64. The van der Waals surface area contributed by atoms with E-state index in [2.05, 4.69) is 5.32 Å². The van der Waals surface area contributed by atoms with Crippen LogP contribution in [-0.2, 0) is 6.42 Å². The van der Waals surface area contributed by atoms with Gasteiger partial charge in [0.25, 0.3) is 0 Å². The second-order valence-corrected chi connectivity index (χ2v) is 2.87. The van der Waals surface area contributed by atoms with Crippen LogP contribution in [0.3, 0.4) is 0 Å². The molecule has 1 heterocycles. The first-order chi connectivity index (χ1) is 6.33. The highest BCUT2D eigenvalue weighted by molar-refractivity contribution is 4.98. The summed E-state index contributed by atoms with van der Waals surface area (Å²) >= 11 is 0. The Hall–Kier alpha value is -0.840. The molecule has 0 spiro atoms. The minimum absolute atomic E-state index is 0.201. The molecule has 74 valence electrons. The van der Waals surface area contributed by atoms with Gasteiger partial charge in [0.15, 0.2) is 0 Å². The second kappa shape index (κ2) is 5.75. The molecule has 1 unspecified atom stereocenters. The van der Waals surface area contributed by atoms with Crippen LogP contribution in [0.5, 0.6) is 0 Å². The summed E-state index contributed by atoms with van der Waals surface area (Å²) in [5.74, 6) is 0.922. The van der Waals surface area contributed by atoms with E-state index in [1.54, 1.807) is 6.26 Å². The monoisotopic (exact) mass is 185 g/mol. The van der Waals surface area contributed by atoms with E-state index >= 15 is 0 Å². The van der Waals surface area contributed by atoms with Gasteiger partial charge < -0.3 is 19.9 Å². The maximum Gasteiger partial charge on any atom is 0.105 e. The summed E-state index contributed by atoms with van der Waals surface area (Å²) < 4.78 is 5.11. The zero-order valence-corrected chi connectivity index (χ0v) is 7.44. The molecule has 0 aromatic carbocycles. The number of hydrogen-bond donors (Lipinski definition) is 3. The third kappa shape index (κ3) is 4.07. The lowest BCUT2D eigenvalue weighted by Gasteiger charge is -2.07. The van der Waals surface area contributed by atoms with Gasteiger partial charge in [-0.3, -0.25) is 0 Å². The van der Waals surface area contributed by atoms with Gasteiger partial charge in [-0.05, 0) is 12.1 Å². The molecule has 0 amide bonds. The predicted octanol–water partition coefficient (Wildman–Crippen LogP) is -0.235. The first kappa shape index (κ1) is 10.2. The fourth-order valence-corrected chi connectivity index (χ4v) is 1.000. The quantitative estimate of drug-likeness (QED) is 0.535. The predicted molar refractivity (Wildman–Crippen MR) is 48.4 cm³/mol. The Kier molecular flexibility index (Phi) is 4.53. The highest BCUT2D eigenvalue weighted by Gasteiger charge is 2.00. The van der Waals surface area contributed by atoms with E-state index in [-0.39, 0.29) is 6.61 Å². The van der Waals surface area contributed by atoms with Gasteiger partial charge >= 0.3 is 0 Å². The number of hydrogen-bond acceptors (Lipinski definition) is 4. The SMILES string of the molecule is OCC(O)CNCCc1ccco1. The number of aliphatic hydroxyl groups is 2. The molecule has 1 atom stereocenters. The third-order valence-corrected chi connectivity index (χ3v) is 1.72. The maximum atomic E-state index is 8.98. The molecule has 0 radical (unpaired) electrons. The van der Waals surface area contributed by atoms with Gasteiger partial charge in [0.2, 0.25) is 0 Å². The van der Waals surface area contributed by atoms with Crippen LogP contribution < -0.4 is 5.32 Å². The van der Waals surface area contributed by atoms with Crippen molar-refractivity contribution in [2.24, 2.45) is 0 Å². The van der Waals surface area contributed by atoms with Crippen LogP contribution in [0.25, 0.3) is 0 Å². The van der Waals surface area contributed by atoms with Crippen molar-refractivity contribution in [3.8, 4) is 0 Å². The standard InChI is InChI=1S/C9H15NO3/c11-7-8(12)6-10-4-3-9-2-1-5-13-9/h1-2,5,8,10-12H,3-4,6-7H2. The molecule has 13 heavy (non-hydrogen) atoms. The van der Waals surface area contributed by atoms with E-state index in [9.17, 15) is 0 Å². The minimum atomic E-state index is -0.670. The molecule has 1 rings (SSSR count). The van der Waals surface area contributed by atoms with Crippen molar-refractivity contribution >= 4 is 0 Å². The van der Waals surface area contributed by atoms with Crippen molar-refractivity contribution in [1.29, 1.82) is 0 Å². The van der Waals surface area contributed by atoms with E-state index in [1.165, 1.54) is 0 Å². The van der Waals surface area contributed by atoms with Gasteiger partial charge in [0, 0.05) is 19.5 Å². The van der Waals surface area contributed by atoms with Crippen LogP contribution in [0, 0.1) is 0 Å². The van der Waals surface area contributed by atoms with Gasteiger partial charge in [-0.25, -0.2) is 0 Å². The maximum absolute atomic E-state index is 8.98. The summed E-state index contributed by atoms with van der Waals surface area (Å²) in [5.41, 5.74) is 0. The van der Waals surface area contributed by atoms with E-state index in [4.69, 9.17) is 14.6 Å². The van der Waals surface area contributed by atoms with Crippen molar-refractivity contribution in [3.05, 3.63) is 24.2 Å². The number of aliphatic hydroxyl groups excluding tert-OH is 2. The summed E-state index contributed by atoms with van der Waals surface area (Å²) in [6.45, 7) is 0.954. The zero-order chi connectivity index (χ0) is 9.52. The van der Waals surface area contributed by atoms with Crippen molar-refractivity contribution in [2.75, 3.05) is 19.7 Å². The molecule has 4 heteroatoms. The Morgan fingerprint density at radius 2 is 2.38 bits per heavy atom. The minimum Gasteiger partial charge on any atom is -0.469 e. The molecule has 3 N–H and O–H groups in total. The molecular weight excluding hydrogens is 170 g/mol. The van der Waals surface area contributed by atoms with E-state index in [0.29, 0.717) is 6.54 Å². The molecule has 1 aromatic heterocycles. The molecule has 1 aromatic rings. The fraction of sp³-hybridized carbons (Fsp3) is 0.556. The molecule has 0 aliphatic heterocycles. The molecular formula is C9H15NO3. The van der Waals surface area contributed by atoms with Crippen LogP contribution in [0.1, 0.15) is 5.76 Å². The summed E-state index contributed by atoms with van der Waals surface area (Å²) in [7, 11) is 0.